The predicted octanol–water partition coefficient (Wildman–Crippen LogP) is 0.995. The molecule has 1 heterocycles. The van der Waals surface area contributed by atoms with Crippen molar-refractivity contribution in [2.45, 2.75) is 0 Å². The van der Waals surface area contributed by atoms with E-state index in [0.29, 0.717) is 11.0 Å². The summed E-state index contributed by atoms with van der Waals surface area (Å²) in [5.41, 5.74) is 0.0433. The van der Waals surface area contributed by atoms with Gasteiger partial charge in [-0.3, -0.25) is 0 Å². The predicted molar refractivity (Wildman–Crippen MR) is 84.4 cm³/mol. The third kappa shape index (κ3) is 2.67. The van der Waals surface area contributed by atoms with Gasteiger partial charge in [0.2, 0.25) is 0 Å². The maximum atomic E-state index is 11.7. The van der Waals surface area contributed by atoms with Crippen molar-refractivity contribution in [3.05, 3.63) is 52.4 Å². The molecule has 2 aromatic carbocycles. The molecule has 106 valence electrons. The first-order valence-electron chi connectivity index (χ1n) is 6.36. The molecule has 0 N–H and O–H groups in total. The number of hydrogen-bond donors (Lipinski definition) is 0. The van der Waals surface area contributed by atoms with Gasteiger partial charge < -0.3 is 19.2 Å². The quantitative estimate of drug-likeness (QED) is 0.401. The Bertz CT molecular complexity index is 930. The molecule has 0 radical (unpaired) electrons. The Morgan fingerprint density at radius 3 is 2.41 bits per heavy atom. The van der Waals surface area contributed by atoms with Crippen LogP contribution >= 0.6 is 0 Å². The molecule has 5 nitrogen and oxygen atoms in total. The second-order valence-electron chi connectivity index (χ2n) is 5.02. The van der Waals surface area contributed by atoms with Gasteiger partial charge in [0.1, 0.15) is 5.58 Å². The van der Waals surface area contributed by atoms with Crippen LogP contribution in [0.3, 0.4) is 0 Å². The van der Waals surface area contributed by atoms with Gasteiger partial charge in [-0.15, -0.1) is 0 Å². The molecule has 1 aromatic heterocycles. The number of fused-ring (bicyclic) bond motifs is 3. The third-order valence-corrected chi connectivity index (χ3v) is 3.44. The Kier molecular flexibility index (Phi) is 4.44. The molecule has 6 heteroatoms. The minimum absolute atomic E-state index is 0. The molecule has 0 saturated carbocycles. The fourth-order valence-electron chi connectivity index (χ4n) is 2.32. The third-order valence-electron chi connectivity index (χ3n) is 3.44. The SMILES string of the molecule is CN(C)c1ccc2c(ccc3cc(C(=O)[O-])c(=O)oc32)c1.[Mg+2]. The van der Waals surface area contributed by atoms with Crippen LogP contribution in [-0.2, 0) is 0 Å². The van der Waals surface area contributed by atoms with Crippen LogP contribution in [0, 0.1) is 0 Å². The van der Waals surface area contributed by atoms with E-state index in [-0.39, 0.29) is 23.1 Å². The van der Waals surface area contributed by atoms with Crippen molar-refractivity contribution in [3.8, 4) is 0 Å². The molecule has 0 bridgehead atoms. The zero-order chi connectivity index (χ0) is 15.1. The first kappa shape index (κ1) is 16.3. The molecule has 0 atom stereocenters. The Morgan fingerprint density at radius 1 is 1.09 bits per heavy atom. The van der Waals surface area contributed by atoms with E-state index in [4.69, 9.17) is 4.42 Å². The zero-order valence-corrected chi connectivity index (χ0v) is 13.7. The number of hydrogen-bond acceptors (Lipinski definition) is 5. The molecule has 3 aromatic rings. The average Bonchev–Trinajstić information content (AvgIpc) is 2.45. The van der Waals surface area contributed by atoms with Crippen LogP contribution in [0.4, 0.5) is 5.69 Å². The van der Waals surface area contributed by atoms with Crippen molar-refractivity contribution >= 4 is 56.5 Å². The minimum atomic E-state index is -1.53. The molecule has 3 rings (SSSR count). The Morgan fingerprint density at radius 2 is 1.77 bits per heavy atom. The first-order valence-corrected chi connectivity index (χ1v) is 6.36. The Hall–Kier alpha value is -2.05. The summed E-state index contributed by atoms with van der Waals surface area (Å²) in [6.07, 6.45) is 0. The van der Waals surface area contributed by atoms with Gasteiger partial charge in [-0.1, -0.05) is 12.1 Å². The van der Waals surface area contributed by atoms with Gasteiger partial charge in [0, 0.05) is 30.6 Å². The smallest absolute Gasteiger partial charge is 0.545 e. The van der Waals surface area contributed by atoms with Crippen molar-refractivity contribution in [2.24, 2.45) is 0 Å². The molecule has 0 spiro atoms. The summed E-state index contributed by atoms with van der Waals surface area (Å²) in [4.78, 5) is 24.5. The van der Waals surface area contributed by atoms with E-state index < -0.39 is 17.2 Å². The number of anilines is 1. The molecule has 0 unspecified atom stereocenters. The molecule has 0 amide bonds. The second kappa shape index (κ2) is 5.98. The van der Waals surface area contributed by atoms with E-state index in [1.54, 1.807) is 6.07 Å². The number of carboxylic acids is 1. The van der Waals surface area contributed by atoms with Crippen LogP contribution in [0.1, 0.15) is 10.4 Å². The number of carbonyl (C=O) groups is 1. The number of nitrogens with zero attached hydrogens (tertiary/aromatic N) is 1. The zero-order valence-electron chi connectivity index (χ0n) is 12.3. The van der Waals surface area contributed by atoms with Gasteiger partial charge in [0.05, 0.1) is 11.5 Å². The second-order valence-corrected chi connectivity index (χ2v) is 5.02. The van der Waals surface area contributed by atoms with E-state index in [1.807, 2.05) is 43.3 Å². The number of rotatable bonds is 2. The van der Waals surface area contributed by atoms with Gasteiger partial charge in [0.25, 0.3) is 0 Å². The Labute approximate surface area is 142 Å². The normalized spacial score (nSPS) is 10.5. The average molecular weight is 307 g/mol. The van der Waals surface area contributed by atoms with Crippen LogP contribution in [0.2, 0.25) is 0 Å². The molecule has 0 fully saturated rings. The summed E-state index contributed by atoms with van der Waals surface area (Å²) in [5, 5.41) is 13.1. The fraction of sp³-hybridized carbons (Fsp3) is 0.125. The van der Waals surface area contributed by atoms with Gasteiger partial charge in [-0.2, -0.15) is 0 Å². The molecular formula is C16H12MgNO4+. The van der Waals surface area contributed by atoms with Crippen LogP contribution in [-0.4, -0.2) is 43.1 Å². The van der Waals surface area contributed by atoms with Gasteiger partial charge >= 0.3 is 28.7 Å². The summed E-state index contributed by atoms with van der Waals surface area (Å²) < 4.78 is 5.18. The van der Waals surface area contributed by atoms with E-state index >= 15 is 0 Å². The monoisotopic (exact) mass is 306 g/mol. The summed E-state index contributed by atoms with van der Waals surface area (Å²) in [5.74, 6) is -1.53. The van der Waals surface area contributed by atoms with Gasteiger partial charge in [-0.05, 0) is 29.7 Å². The van der Waals surface area contributed by atoms with E-state index in [9.17, 15) is 14.7 Å². The number of carbonyl (C=O) groups excluding carboxylic acids is 1. The van der Waals surface area contributed by atoms with Crippen molar-refractivity contribution in [1.82, 2.24) is 0 Å². The van der Waals surface area contributed by atoms with Gasteiger partial charge in [-0.25, -0.2) is 4.79 Å². The number of aromatic carboxylic acids is 1. The van der Waals surface area contributed by atoms with Crippen molar-refractivity contribution in [1.29, 1.82) is 0 Å². The molecule has 0 aliphatic carbocycles. The van der Waals surface area contributed by atoms with Crippen LogP contribution in [0.25, 0.3) is 21.7 Å². The molecule has 0 aliphatic heterocycles. The molecule has 0 saturated heterocycles. The number of carboxylic acid groups (broad SMARTS) is 1. The summed E-state index contributed by atoms with van der Waals surface area (Å²) in [7, 11) is 3.88. The van der Waals surface area contributed by atoms with Crippen molar-refractivity contribution in [3.63, 3.8) is 0 Å². The van der Waals surface area contributed by atoms with Crippen LogP contribution < -0.4 is 15.6 Å². The maximum absolute atomic E-state index is 11.7. The van der Waals surface area contributed by atoms with E-state index in [1.165, 1.54) is 6.07 Å². The molecule has 22 heavy (non-hydrogen) atoms. The summed E-state index contributed by atoms with van der Waals surface area (Å²) in [6.45, 7) is 0. The van der Waals surface area contributed by atoms with Gasteiger partial charge in [0.15, 0.2) is 0 Å². The van der Waals surface area contributed by atoms with Crippen LogP contribution in [0.5, 0.6) is 0 Å². The van der Waals surface area contributed by atoms with Crippen molar-refractivity contribution in [2.75, 3.05) is 19.0 Å². The largest absolute Gasteiger partial charge is 2.00 e. The molecular weight excluding hydrogens is 294 g/mol. The maximum Gasteiger partial charge on any atom is 2.00 e. The standard InChI is InChI=1S/C16H13NO4.Mg/c1-17(2)11-5-6-12-9(7-11)3-4-10-8-13(15(18)19)16(20)21-14(10)12;/h3-8H,1-2H3,(H,18,19);/q;+2/p-1. The van der Waals surface area contributed by atoms with E-state index in [0.717, 1.165) is 16.5 Å². The fourth-order valence-corrected chi connectivity index (χ4v) is 2.32. The summed E-state index contributed by atoms with van der Waals surface area (Å²) in [6, 6.07) is 10.6. The van der Waals surface area contributed by atoms with E-state index in [2.05, 4.69) is 0 Å². The topological polar surface area (TPSA) is 73.6 Å². The van der Waals surface area contributed by atoms with Crippen LogP contribution in [0.15, 0.2) is 45.6 Å². The first-order chi connectivity index (χ1) is 9.97. The Balaban J connectivity index is 0.00000176. The van der Waals surface area contributed by atoms with Crippen molar-refractivity contribution < 1.29 is 14.3 Å². The minimum Gasteiger partial charge on any atom is -0.545 e. The molecule has 0 aliphatic rings. The summed E-state index contributed by atoms with van der Waals surface area (Å²) >= 11 is 0. The number of benzene rings is 2.